The molecule has 1 aliphatic rings. The predicted octanol–water partition coefficient (Wildman–Crippen LogP) is 1.76. The van der Waals surface area contributed by atoms with Crippen molar-refractivity contribution in [2.75, 3.05) is 12.3 Å². The molecule has 1 fully saturated rings. The molecule has 14 heavy (non-hydrogen) atoms. The van der Waals surface area contributed by atoms with Crippen LogP contribution in [0.5, 0.6) is 0 Å². The van der Waals surface area contributed by atoms with Crippen LogP contribution in [-0.2, 0) is 6.54 Å². The molecule has 1 aliphatic heterocycles. The molecule has 0 radical (unpaired) electrons. The Hall–Kier alpha value is -1.23. The van der Waals surface area contributed by atoms with E-state index in [1.54, 1.807) is 17.0 Å². The summed E-state index contributed by atoms with van der Waals surface area (Å²) >= 11 is 1.31. The minimum Gasteiger partial charge on any atom is -0.456 e. The van der Waals surface area contributed by atoms with Crippen molar-refractivity contribution < 1.29 is 14.0 Å². The number of hydrogen-bond acceptors (Lipinski definition) is 4. The molecule has 0 saturated carbocycles. The van der Waals surface area contributed by atoms with Crippen LogP contribution in [0.3, 0.4) is 0 Å². The largest absolute Gasteiger partial charge is 0.456 e. The van der Waals surface area contributed by atoms with Gasteiger partial charge in [-0.05, 0) is 12.1 Å². The lowest BCUT2D eigenvalue weighted by Gasteiger charge is -2.11. The molecule has 2 rings (SSSR count). The highest BCUT2D eigenvalue weighted by Crippen LogP contribution is 2.20. The molecular weight excluding hydrogens is 202 g/mol. The molecule has 1 aromatic heterocycles. The fourth-order valence-corrected chi connectivity index (χ4v) is 2.12. The summed E-state index contributed by atoms with van der Waals surface area (Å²) in [6.07, 6.45) is 0.657. The van der Waals surface area contributed by atoms with E-state index in [1.165, 1.54) is 11.8 Å². The normalized spacial score (nSPS) is 16.3. The van der Waals surface area contributed by atoms with Gasteiger partial charge in [0.25, 0.3) is 5.24 Å². The lowest BCUT2D eigenvalue weighted by atomic mass is 10.4. The van der Waals surface area contributed by atoms with Gasteiger partial charge < -0.3 is 9.32 Å². The van der Waals surface area contributed by atoms with Crippen LogP contribution in [0.25, 0.3) is 0 Å². The zero-order chi connectivity index (χ0) is 9.97. The molecule has 2 heterocycles. The van der Waals surface area contributed by atoms with Gasteiger partial charge in [-0.3, -0.25) is 9.59 Å². The first-order valence-corrected chi connectivity index (χ1v) is 5.24. The van der Waals surface area contributed by atoms with Crippen LogP contribution in [0.4, 0.5) is 4.79 Å². The van der Waals surface area contributed by atoms with Crippen molar-refractivity contribution >= 4 is 23.3 Å². The maximum absolute atomic E-state index is 11.2. The number of furan rings is 1. The van der Waals surface area contributed by atoms with Crippen LogP contribution in [0, 0.1) is 0 Å². The summed E-state index contributed by atoms with van der Waals surface area (Å²) in [4.78, 5) is 23.3. The van der Waals surface area contributed by atoms with Gasteiger partial charge in [0.05, 0.1) is 6.54 Å². The maximum Gasteiger partial charge on any atom is 0.282 e. The SMILES string of the molecule is O=Cc1ccc(CN2CCSC2=O)o1. The van der Waals surface area contributed by atoms with Gasteiger partial charge in [0.2, 0.25) is 0 Å². The van der Waals surface area contributed by atoms with Crippen molar-refractivity contribution in [3.63, 3.8) is 0 Å². The fourth-order valence-electron chi connectivity index (χ4n) is 1.30. The van der Waals surface area contributed by atoms with Gasteiger partial charge in [-0.2, -0.15) is 0 Å². The third kappa shape index (κ3) is 1.82. The topological polar surface area (TPSA) is 50.5 Å². The van der Waals surface area contributed by atoms with Gasteiger partial charge in [0.1, 0.15) is 5.76 Å². The lowest BCUT2D eigenvalue weighted by molar-refractivity contribution is 0.109. The minimum atomic E-state index is 0.0778. The van der Waals surface area contributed by atoms with Gasteiger partial charge >= 0.3 is 0 Å². The monoisotopic (exact) mass is 211 g/mol. The first-order valence-electron chi connectivity index (χ1n) is 4.25. The Morgan fingerprint density at radius 2 is 2.43 bits per heavy atom. The van der Waals surface area contributed by atoms with E-state index in [0.29, 0.717) is 24.4 Å². The summed E-state index contributed by atoms with van der Waals surface area (Å²) in [6.45, 7) is 1.21. The number of rotatable bonds is 3. The zero-order valence-corrected chi connectivity index (χ0v) is 8.25. The van der Waals surface area contributed by atoms with E-state index in [4.69, 9.17) is 4.42 Å². The minimum absolute atomic E-state index is 0.0778. The Labute approximate surface area is 85.3 Å². The third-order valence-corrected chi connectivity index (χ3v) is 2.88. The fraction of sp³-hybridized carbons (Fsp3) is 0.333. The number of amides is 1. The number of carbonyl (C=O) groups excluding carboxylic acids is 2. The van der Waals surface area contributed by atoms with Gasteiger partial charge in [0, 0.05) is 12.3 Å². The molecule has 0 bridgehead atoms. The molecule has 0 unspecified atom stereocenters. The summed E-state index contributed by atoms with van der Waals surface area (Å²) < 4.78 is 5.17. The molecule has 0 N–H and O–H groups in total. The van der Waals surface area contributed by atoms with Crippen LogP contribution >= 0.6 is 11.8 Å². The Bertz CT molecular complexity index is 361. The summed E-state index contributed by atoms with van der Waals surface area (Å²) in [5.41, 5.74) is 0. The smallest absolute Gasteiger partial charge is 0.282 e. The van der Waals surface area contributed by atoms with Gasteiger partial charge in [-0.1, -0.05) is 11.8 Å². The lowest BCUT2D eigenvalue weighted by Crippen LogP contribution is -2.21. The second kappa shape index (κ2) is 3.88. The quantitative estimate of drug-likeness (QED) is 0.715. The molecule has 1 aromatic rings. The van der Waals surface area contributed by atoms with E-state index < -0.39 is 0 Å². The van der Waals surface area contributed by atoms with Crippen molar-refractivity contribution in [2.45, 2.75) is 6.54 Å². The van der Waals surface area contributed by atoms with E-state index in [1.807, 2.05) is 0 Å². The number of hydrogen-bond donors (Lipinski definition) is 0. The Morgan fingerprint density at radius 3 is 3.00 bits per heavy atom. The average Bonchev–Trinajstić information content (AvgIpc) is 2.77. The molecule has 1 saturated heterocycles. The Kier molecular flexibility index (Phi) is 2.58. The van der Waals surface area contributed by atoms with Crippen molar-refractivity contribution in [3.8, 4) is 0 Å². The number of thioether (sulfide) groups is 1. The first-order chi connectivity index (χ1) is 6.79. The second-order valence-corrected chi connectivity index (χ2v) is 4.00. The molecule has 74 valence electrons. The Balaban J connectivity index is 2.03. The summed E-state index contributed by atoms with van der Waals surface area (Å²) in [6, 6.07) is 3.33. The molecule has 0 atom stereocenters. The van der Waals surface area contributed by atoms with Crippen LogP contribution in [0.1, 0.15) is 16.3 Å². The van der Waals surface area contributed by atoms with E-state index in [-0.39, 0.29) is 5.24 Å². The van der Waals surface area contributed by atoms with E-state index in [9.17, 15) is 9.59 Å². The van der Waals surface area contributed by atoms with Crippen LogP contribution in [0.15, 0.2) is 16.5 Å². The maximum atomic E-state index is 11.2. The first kappa shape index (κ1) is 9.33. The molecule has 5 heteroatoms. The molecule has 4 nitrogen and oxygen atoms in total. The summed E-state index contributed by atoms with van der Waals surface area (Å²) in [5.74, 6) is 1.79. The third-order valence-electron chi connectivity index (χ3n) is 1.99. The van der Waals surface area contributed by atoms with Gasteiger partial charge in [-0.25, -0.2) is 0 Å². The van der Waals surface area contributed by atoms with Crippen molar-refractivity contribution in [1.82, 2.24) is 4.90 Å². The van der Waals surface area contributed by atoms with E-state index in [0.717, 1.165) is 12.3 Å². The highest BCUT2D eigenvalue weighted by atomic mass is 32.2. The summed E-state index contributed by atoms with van der Waals surface area (Å²) in [7, 11) is 0. The van der Waals surface area contributed by atoms with Crippen LogP contribution in [0.2, 0.25) is 0 Å². The highest BCUT2D eigenvalue weighted by molar-refractivity contribution is 8.13. The van der Waals surface area contributed by atoms with Crippen molar-refractivity contribution in [2.24, 2.45) is 0 Å². The van der Waals surface area contributed by atoms with Crippen molar-refractivity contribution in [1.29, 1.82) is 0 Å². The van der Waals surface area contributed by atoms with Gasteiger partial charge in [0.15, 0.2) is 12.0 Å². The summed E-state index contributed by atoms with van der Waals surface area (Å²) in [5, 5.41) is 0.0778. The van der Waals surface area contributed by atoms with E-state index >= 15 is 0 Å². The average molecular weight is 211 g/mol. The number of aldehydes is 1. The standard InChI is InChI=1S/C9H9NO3S/c11-6-8-2-1-7(13-8)5-10-3-4-14-9(10)12/h1-2,6H,3-5H2. The molecule has 1 amide bonds. The number of nitrogens with zero attached hydrogens (tertiary/aromatic N) is 1. The van der Waals surface area contributed by atoms with Gasteiger partial charge in [-0.15, -0.1) is 0 Å². The molecule has 0 aliphatic carbocycles. The Morgan fingerprint density at radius 1 is 1.57 bits per heavy atom. The second-order valence-electron chi connectivity index (χ2n) is 2.96. The molecular formula is C9H9NO3S. The van der Waals surface area contributed by atoms with Crippen molar-refractivity contribution in [3.05, 3.63) is 23.7 Å². The molecule has 0 spiro atoms. The van der Waals surface area contributed by atoms with Crippen LogP contribution < -0.4 is 0 Å². The molecule has 0 aromatic carbocycles. The van der Waals surface area contributed by atoms with Crippen LogP contribution in [-0.4, -0.2) is 28.7 Å². The predicted molar refractivity (Wildman–Crippen MR) is 52.4 cm³/mol. The zero-order valence-electron chi connectivity index (χ0n) is 7.43. The van der Waals surface area contributed by atoms with E-state index in [2.05, 4.69) is 0 Å². The number of carbonyl (C=O) groups is 2. The highest BCUT2D eigenvalue weighted by Gasteiger charge is 2.21.